The largest absolute Gasteiger partial charge is 0.497 e. The van der Waals surface area contributed by atoms with E-state index in [0.717, 1.165) is 18.4 Å². The summed E-state index contributed by atoms with van der Waals surface area (Å²) < 4.78 is 32.5. The number of hydrogen-bond donors (Lipinski definition) is 1. The lowest BCUT2D eigenvalue weighted by Crippen LogP contribution is -2.36. The Kier molecular flexibility index (Phi) is 7.50. The first kappa shape index (κ1) is 22.3. The lowest BCUT2D eigenvalue weighted by Gasteiger charge is -2.23. The summed E-state index contributed by atoms with van der Waals surface area (Å²) in [5.74, 6) is 0.547. The molecular formula is C23H30N2O4S. The number of carbonyl (C=O) groups excluding carboxylic acids is 1. The molecule has 1 amide bonds. The molecule has 0 aliphatic heterocycles. The van der Waals surface area contributed by atoms with Gasteiger partial charge in [-0.25, -0.2) is 8.42 Å². The van der Waals surface area contributed by atoms with Crippen molar-refractivity contribution in [3.05, 3.63) is 59.7 Å². The predicted octanol–water partition coefficient (Wildman–Crippen LogP) is 3.97. The van der Waals surface area contributed by atoms with E-state index in [9.17, 15) is 13.2 Å². The molecule has 0 unspecified atom stereocenters. The number of amides is 1. The fourth-order valence-electron chi connectivity index (χ4n) is 3.74. The van der Waals surface area contributed by atoms with Gasteiger partial charge in [-0.1, -0.05) is 38.3 Å². The summed E-state index contributed by atoms with van der Waals surface area (Å²) in [6.07, 6.45) is 5.66. The van der Waals surface area contributed by atoms with Gasteiger partial charge in [0.05, 0.1) is 12.0 Å². The van der Waals surface area contributed by atoms with E-state index in [0.29, 0.717) is 17.9 Å². The van der Waals surface area contributed by atoms with E-state index in [1.54, 1.807) is 43.5 Å². The van der Waals surface area contributed by atoms with E-state index in [4.69, 9.17) is 4.74 Å². The van der Waals surface area contributed by atoms with Crippen molar-refractivity contribution in [1.82, 2.24) is 9.62 Å². The second kappa shape index (κ2) is 10.1. The molecule has 0 aromatic heterocycles. The van der Waals surface area contributed by atoms with Crippen molar-refractivity contribution in [1.29, 1.82) is 0 Å². The van der Waals surface area contributed by atoms with Gasteiger partial charge in [-0.2, -0.15) is 4.31 Å². The number of nitrogens with zero attached hydrogens (tertiary/aromatic N) is 1. The minimum atomic E-state index is -3.62. The molecule has 30 heavy (non-hydrogen) atoms. The molecule has 7 heteroatoms. The van der Waals surface area contributed by atoms with Gasteiger partial charge in [0.2, 0.25) is 10.0 Å². The van der Waals surface area contributed by atoms with Gasteiger partial charge >= 0.3 is 0 Å². The summed E-state index contributed by atoms with van der Waals surface area (Å²) in [6, 6.07) is 13.8. The van der Waals surface area contributed by atoms with Crippen molar-refractivity contribution in [3.63, 3.8) is 0 Å². The van der Waals surface area contributed by atoms with Crippen molar-refractivity contribution in [3.8, 4) is 5.75 Å². The van der Waals surface area contributed by atoms with Crippen molar-refractivity contribution in [2.45, 2.75) is 56.5 Å². The van der Waals surface area contributed by atoms with Crippen LogP contribution in [0, 0.1) is 0 Å². The predicted molar refractivity (Wildman–Crippen MR) is 117 cm³/mol. The molecule has 1 aliphatic rings. The molecule has 6 nitrogen and oxygen atoms in total. The second-order valence-electron chi connectivity index (χ2n) is 7.61. The Morgan fingerprint density at radius 1 is 1.03 bits per heavy atom. The van der Waals surface area contributed by atoms with Gasteiger partial charge in [-0.15, -0.1) is 0 Å². The van der Waals surface area contributed by atoms with Crippen LogP contribution in [0.15, 0.2) is 53.4 Å². The summed E-state index contributed by atoms with van der Waals surface area (Å²) >= 11 is 0. The molecule has 1 saturated carbocycles. The van der Waals surface area contributed by atoms with Crippen LogP contribution in [0.1, 0.15) is 54.9 Å². The third-order valence-electron chi connectivity index (χ3n) is 5.57. The fourth-order valence-corrected chi connectivity index (χ4v) is 5.18. The fraction of sp³-hybridized carbons (Fsp3) is 0.435. The van der Waals surface area contributed by atoms with Crippen LogP contribution in [0.2, 0.25) is 0 Å². The maximum absolute atomic E-state index is 13.0. The lowest BCUT2D eigenvalue weighted by atomic mass is 9.95. The highest BCUT2D eigenvalue weighted by atomic mass is 32.2. The molecular weight excluding hydrogens is 400 g/mol. The van der Waals surface area contributed by atoms with Gasteiger partial charge in [0, 0.05) is 24.7 Å². The Morgan fingerprint density at radius 2 is 1.67 bits per heavy atom. The van der Waals surface area contributed by atoms with Crippen LogP contribution in [-0.2, 0) is 16.6 Å². The zero-order chi connectivity index (χ0) is 21.6. The summed E-state index contributed by atoms with van der Waals surface area (Å²) in [7, 11) is -2.08. The standard InChI is InChI=1S/C23H30N2O4S/c1-3-25(30(27,28)22-15-13-21(29-2)14-16-22)17-18-9-11-19(12-10-18)23(26)24-20-7-5-4-6-8-20/h9-16,20H,3-8,17H2,1-2H3,(H,24,26). The van der Waals surface area contributed by atoms with E-state index in [-0.39, 0.29) is 23.4 Å². The molecule has 0 bridgehead atoms. The highest BCUT2D eigenvalue weighted by Gasteiger charge is 2.23. The number of benzene rings is 2. The van der Waals surface area contributed by atoms with Gasteiger partial charge in [0.25, 0.3) is 5.91 Å². The molecule has 0 radical (unpaired) electrons. The minimum Gasteiger partial charge on any atom is -0.497 e. The molecule has 1 N–H and O–H groups in total. The number of carbonyl (C=O) groups is 1. The third kappa shape index (κ3) is 5.40. The number of hydrogen-bond acceptors (Lipinski definition) is 4. The average Bonchev–Trinajstić information content (AvgIpc) is 2.78. The van der Waals surface area contributed by atoms with E-state index >= 15 is 0 Å². The minimum absolute atomic E-state index is 0.0633. The van der Waals surface area contributed by atoms with E-state index in [2.05, 4.69) is 5.32 Å². The molecule has 162 valence electrons. The van der Waals surface area contributed by atoms with Gasteiger partial charge in [-0.3, -0.25) is 4.79 Å². The van der Waals surface area contributed by atoms with Crippen molar-refractivity contribution >= 4 is 15.9 Å². The van der Waals surface area contributed by atoms with Crippen LogP contribution < -0.4 is 10.1 Å². The van der Waals surface area contributed by atoms with Gasteiger partial charge in [0.15, 0.2) is 0 Å². The van der Waals surface area contributed by atoms with Gasteiger partial charge in [0.1, 0.15) is 5.75 Å². The number of methoxy groups -OCH3 is 1. The molecule has 1 fully saturated rings. The monoisotopic (exact) mass is 430 g/mol. The van der Waals surface area contributed by atoms with E-state index < -0.39 is 10.0 Å². The highest BCUT2D eigenvalue weighted by molar-refractivity contribution is 7.89. The maximum atomic E-state index is 13.0. The summed E-state index contributed by atoms with van der Waals surface area (Å²) in [6.45, 7) is 2.40. The Bertz CT molecular complexity index is 934. The first-order chi connectivity index (χ1) is 14.4. The molecule has 3 rings (SSSR count). The van der Waals surface area contributed by atoms with E-state index in [1.807, 2.05) is 19.1 Å². The van der Waals surface area contributed by atoms with Crippen LogP contribution in [0.5, 0.6) is 5.75 Å². The molecule has 1 aliphatic carbocycles. The molecule has 2 aromatic rings. The highest BCUT2D eigenvalue weighted by Crippen LogP contribution is 2.22. The number of ether oxygens (including phenoxy) is 1. The number of sulfonamides is 1. The Hall–Kier alpha value is -2.38. The normalized spacial score (nSPS) is 15.2. The van der Waals surface area contributed by atoms with Crippen molar-refractivity contribution < 1.29 is 17.9 Å². The SMILES string of the molecule is CCN(Cc1ccc(C(=O)NC2CCCCC2)cc1)S(=O)(=O)c1ccc(OC)cc1. The molecule has 2 aromatic carbocycles. The molecule has 0 atom stereocenters. The van der Waals surface area contributed by atoms with E-state index in [1.165, 1.54) is 23.6 Å². The van der Waals surface area contributed by atoms with Gasteiger partial charge in [-0.05, 0) is 54.8 Å². The average molecular weight is 431 g/mol. The molecule has 0 spiro atoms. The van der Waals surface area contributed by atoms with Crippen LogP contribution in [0.4, 0.5) is 0 Å². The molecule has 0 saturated heterocycles. The topological polar surface area (TPSA) is 75.7 Å². The number of nitrogens with one attached hydrogen (secondary N) is 1. The summed E-state index contributed by atoms with van der Waals surface area (Å²) in [5.41, 5.74) is 1.44. The Balaban J connectivity index is 1.66. The van der Waals surface area contributed by atoms with Crippen LogP contribution in [0.25, 0.3) is 0 Å². The Morgan fingerprint density at radius 3 is 2.23 bits per heavy atom. The quantitative estimate of drug-likeness (QED) is 0.688. The van der Waals surface area contributed by atoms with Crippen LogP contribution in [0.3, 0.4) is 0 Å². The lowest BCUT2D eigenvalue weighted by molar-refractivity contribution is 0.0927. The second-order valence-corrected chi connectivity index (χ2v) is 9.55. The first-order valence-electron chi connectivity index (χ1n) is 10.5. The third-order valence-corrected chi connectivity index (χ3v) is 7.50. The van der Waals surface area contributed by atoms with Gasteiger partial charge < -0.3 is 10.1 Å². The van der Waals surface area contributed by atoms with Crippen LogP contribution >= 0.6 is 0 Å². The zero-order valence-corrected chi connectivity index (χ0v) is 18.5. The van der Waals surface area contributed by atoms with Crippen molar-refractivity contribution in [2.75, 3.05) is 13.7 Å². The Labute approximate surface area is 179 Å². The smallest absolute Gasteiger partial charge is 0.251 e. The first-order valence-corrected chi connectivity index (χ1v) is 11.9. The maximum Gasteiger partial charge on any atom is 0.251 e. The summed E-state index contributed by atoms with van der Waals surface area (Å²) in [5, 5.41) is 3.11. The molecule has 0 heterocycles. The van der Waals surface area contributed by atoms with Crippen LogP contribution in [-0.4, -0.2) is 38.3 Å². The van der Waals surface area contributed by atoms with Crippen molar-refractivity contribution in [2.24, 2.45) is 0 Å². The number of rotatable bonds is 8. The zero-order valence-electron chi connectivity index (χ0n) is 17.6. The summed E-state index contributed by atoms with van der Waals surface area (Å²) in [4.78, 5) is 12.7.